The highest BCUT2D eigenvalue weighted by atomic mass is 19.3. The van der Waals surface area contributed by atoms with Gasteiger partial charge in [-0.3, -0.25) is 4.79 Å². The van der Waals surface area contributed by atoms with Gasteiger partial charge in [0, 0.05) is 24.5 Å². The fraction of sp³-hybridized carbons (Fsp3) is 0.421. The number of carbonyl (C=O) groups excluding carboxylic acids is 1. The molecule has 1 aromatic carbocycles. The average Bonchev–Trinajstić information content (AvgIpc) is 3.29. The summed E-state index contributed by atoms with van der Waals surface area (Å²) in [5, 5.41) is 19.3. The number of aromatic nitrogens is 6. The van der Waals surface area contributed by atoms with Gasteiger partial charge in [0.25, 0.3) is 0 Å². The van der Waals surface area contributed by atoms with E-state index in [4.69, 9.17) is 0 Å². The van der Waals surface area contributed by atoms with Crippen molar-refractivity contribution in [3.05, 3.63) is 42.1 Å². The van der Waals surface area contributed by atoms with Crippen molar-refractivity contribution in [3.63, 3.8) is 0 Å². The van der Waals surface area contributed by atoms with Gasteiger partial charge < -0.3 is 5.32 Å². The Hall–Kier alpha value is -3.17. The lowest BCUT2D eigenvalue weighted by molar-refractivity contribution is -0.117. The maximum Gasteiger partial charge on any atom is 0.249 e. The Balaban J connectivity index is 1.42. The lowest BCUT2D eigenvalue weighted by Gasteiger charge is -2.29. The number of hydrogen-bond donors (Lipinski definition) is 1. The Morgan fingerprint density at radius 2 is 1.93 bits per heavy atom. The van der Waals surface area contributed by atoms with E-state index in [-0.39, 0.29) is 31.3 Å². The third-order valence-corrected chi connectivity index (χ3v) is 4.93. The summed E-state index contributed by atoms with van der Waals surface area (Å²) < 4.78 is 28.6. The van der Waals surface area contributed by atoms with Crippen LogP contribution in [0.15, 0.2) is 36.4 Å². The molecule has 0 unspecified atom stereocenters. The number of halogens is 2. The normalized spacial score (nSPS) is 16.7. The van der Waals surface area contributed by atoms with E-state index in [2.05, 4.69) is 25.8 Å². The standard InChI is InChI=1S/C19H21F2N7O/c1-13-11-16(28(24-13)15-7-9-19(20,21)10-8-15)22-17(29)12-27-25-18(23-26-27)14-5-3-2-4-6-14/h2-6,11,15H,7-10,12H2,1H3,(H,22,29). The third-order valence-electron chi connectivity index (χ3n) is 4.93. The van der Waals surface area contributed by atoms with Gasteiger partial charge in [0.05, 0.1) is 11.7 Å². The predicted octanol–water partition coefficient (Wildman–Crippen LogP) is 3.23. The van der Waals surface area contributed by atoms with Crippen molar-refractivity contribution in [1.82, 2.24) is 30.0 Å². The quantitative estimate of drug-likeness (QED) is 0.709. The molecular formula is C19H21F2N7O. The van der Waals surface area contributed by atoms with Gasteiger partial charge >= 0.3 is 0 Å². The van der Waals surface area contributed by atoms with E-state index in [0.29, 0.717) is 30.2 Å². The minimum Gasteiger partial charge on any atom is -0.309 e. The molecule has 1 amide bonds. The number of aryl methyl sites for hydroxylation is 1. The predicted molar refractivity (Wildman–Crippen MR) is 101 cm³/mol. The number of nitrogens with one attached hydrogen (secondary N) is 1. The molecule has 8 nitrogen and oxygen atoms in total. The molecular weight excluding hydrogens is 380 g/mol. The fourth-order valence-electron chi connectivity index (χ4n) is 3.48. The van der Waals surface area contributed by atoms with Crippen LogP contribution in [0.25, 0.3) is 11.4 Å². The second kappa shape index (κ2) is 7.69. The van der Waals surface area contributed by atoms with Crippen molar-refractivity contribution in [3.8, 4) is 11.4 Å². The summed E-state index contributed by atoms with van der Waals surface area (Å²) in [6.07, 6.45) is 0.300. The molecule has 1 saturated carbocycles. The van der Waals surface area contributed by atoms with E-state index < -0.39 is 5.92 Å². The monoisotopic (exact) mass is 401 g/mol. The topological polar surface area (TPSA) is 90.5 Å². The van der Waals surface area contributed by atoms with Gasteiger partial charge in [0.2, 0.25) is 17.7 Å². The van der Waals surface area contributed by atoms with Crippen LogP contribution in [0.4, 0.5) is 14.6 Å². The summed E-state index contributed by atoms with van der Waals surface area (Å²) in [7, 11) is 0. The molecule has 0 aliphatic heterocycles. The number of amides is 1. The van der Waals surface area contributed by atoms with Crippen LogP contribution < -0.4 is 5.32 Å². The molecule has 1 aliphatic rings. The first-order chi connectivity index (χ1) is 13.9. The number of anilines is 1. The highest BCUT2D eigenvalue weighted by Crippen LogP contribution is 2.39. The molecule has 1 aliphatic carbocycles. The van der Waals surface area contributed by atoms with E-state index in [1.807, 2.05) is 30.3 Å². The molecule has 0 saturated heterocycles. The van der Waals surface area contributed by atoms with Crippen LogP contribution in [0.3, 0.4) is 0 Å². The Morgan fingerprint density at radius 3 is 2.66 bits per heavy atom. The zero-order valence-electron chi connectivity index (χ0n) is 15.9. The van der Waals surface area contributed by atoms with Gasteiger partial charge in [-0.2, -0.15) is 9.90 Å². The van der Waals surface area contributed by atoms with Crippen LogP contribution in [0.1, 0.15) is 37.4 Å². The molecule has 152 valence electrons. The smallest absolute Gasteiger partial charge is 0.249 e. The van der Waals surface area contributed by atoms with Crippen molar-refractivity contribution >= 4 is 11.7 Å². The zero-order chi connectivity index (χ0) is 20.4. The zero-order valence-corrected chi connectivity index (χ0v) is 15.9. The third kappa shape index (κ3) is 4.47. The van der Waals surface area contributed by atoms with E-state index in [9.17, 15) is 13.6 Å². The minimum atomic E-state index is -2.61. The first-order valence-electron chi connectivity index (χ1n) is 9.47. The summed E-state index contributed by atoms with van der Waals surface area (Å²) in [5.41, 5.74) is 1.52. The Bertz CT molecular complexity index is 989. The van der Waals surface area contributed by atoms with Crippen molar-refractivity contribution in [2.24, 2.45) is 0 Å². The highest BCUT2D eigenvalue weighted by molar-refractivity contribution is 5.89. The van der Waals surface area contributed by atoms with E-state index in [1.165, 1.54) is 4.80 Å². The second-order valence-corrected chi connectivity index (χ2v) is 7.26. The van der Waals surface area contributed by atoms with Gasteiger partial charge in [-0.1, -0.05) is 30.3 Å². The molecule has 0 atom stereocenters. The lowest BCUT2D eigenvalue weighted by Crippen LogP contribution is -2.28. The van der Waals surface area contributed by atoms with Crippen LogP contribution in [-0.4, -0.2) is 41.8 Å². The number of benzene rings is 1. The maximum atomic E-state index is 13.5. The number of nitrogens with zero attached hydrogens (tertiary/aromatic N) is 6. The molecule has 29 heavy (non-hydrogen) atoms. The first-order valence-corrected chi connectivity index (χ1v) is 9.47. The van der Waals surface area contributed by atoms with E-state index >= 15 is 0 Å². The van der Waals surface area contributed by atoms with Gasteiger partial charge in [-0.15, -0.1) is 10.2 Å². The summed E-state index contributed by atoms with van der Waals surface area (Å²) in [6, 6.07) is 10.9. The molecule has 0 bridgehead atoms. The molecule has 4 rings (SSSR count). The highest BCUT2D eigenvalue weighted by Gasteiger charge is 2.36. The number of alkyl halides is 2. The fourth-order valence-corrected chi connectivity index (χ4v) is 3.48. The van der Waals surface area contributed by atoms with Crippen molar-refractivity contribution < 1.29 is 13.6 Å². The van der Waals surface area contributed by atoms with Crippen LogP contribution in [0.5, 0.6) is 0 Å². The van der Waals surface area contributed by atoms with Crippen LogP contribution in [-0.2, 0) is 11.3 Å². The lowest BCUT2D eigenvalue weighted by atomic mass is 9.92. The Morgan fingerprint density at radius 1 is 1.21 bits per heavy atom. The molecule has 1 N–H and O–H groups in total. The summed E-state index contributed by atoms with van der Waals surface area (Å²) in [4.78, 5) is 13.7. The van der Waals surface area contributed by atoms with Crippen molar-refractivity contribution in [2.75, 3.05) is 5.32 Å². The van der Waals surface area contributed by atoms with Gasteiger partial charge in [0.15, 0.2) is 0 Å². The largest absolute Gasteiger partial charge is 0.309 e. The van der Waals surface area contributed by atoms with Crippen LogP contribution in [0, 0.1) is 6.92 Å². The first kappa shape index (κ1) is 19.2. The molecule has 0 spiro atoms. The maximum absolute atomic E-state index is 13.5. The number of carbonyl (C=O) groups is 1. The average molecular weight is 401 g/mol. The minimum absolute atomic E-state index is 0.118. The van der Waals surface area contributed by atoms with Gasteiger partial charge in [0.1, 0.15) is 12.4 Å². The molecule has 2 heterocycles. The molecule has 10 heteroatoms. The number of tetrazole rings is 1. The Labute approximate surface area is 165 Å². The van der Waals surface area contributed by atoms with Crippen LogP contribution in [0.2, 0.25) is 0 Å². The number of rotatable bonds is 5. The van der Waals surface area contributed by atoms with E-state index in [0.717, 1.165) is 5.56 Å². The molecule has 3 aromatic rings. The molecule has 2 aromatic heterocycles. The number of hydrogen-bond acceptors (Lipinski definition) is 5. The van der Waals surface area contributed by atoms with Crippen molar-refractivity contribution in [1.29, 1.82) is 0 Å². The Kier molecular flexibility index (Phi) is 5.08. The van der Waals surface area contributed by atoms with Crippen molar-refractivity contribution in [2.45, 2.75) is 51.1 Å². The summed E-state index contributed by atoms with van der Waals surface area (Å²) in [6.45, 7) is 1.68. The SMILES string of the molecule is Cc1cc(NC(=O)Cn2nnc(-c3ccccc3)n2)n(C2CCC(F)(F)CC2)n1. The van der Waals surface area contributed by atoms with Crippen LogP contribution >= 0.6 is 0 Å². The molecule has 1 fully saturated rings. The van der Waals surface area contributed by atoms with Gasteiger partial charge in [-0.05, 0) is 25.0 Å². The summed E-state index contributed by atoms with van der Waals surface area (Å²) in [5.74, 6) is -2.03. The van der Waals surface area contributed by atoms with E-state index in [1.54, 1.807) is 17.7 Å². The van der Waals surface area contributed by atoms with Gasteiger partial charge in [-0.25, -0.2) is 13.5 Å². The second-order valence-electron chi connectivity index (χ2n) is 7.26. The summed E-state index contributed by atoms with van der Waals surface area (Å²) >= 11 is 0. The molecule has 0 radical (unpaired) electrons.